The first-order valence-electron chi connectivity index (χ1n) is 2.53. The molecule has 0 rings (SSSR count). The molecule has 0 unspecified atom stereocenters. The topological polar surface area (TPSA) is 12.0 Å². The van der Waals surface area contributed by atoms with Gasteiger partial charge in [-0.25, -0.2) is 0 Å². The standard InChI is InChI=1S/C5H13NS/c1-4-5(2,7)6-3/h6-7H,4H2,1-3H3/t5-/m1/s1. The molecule has 7 heavy (non-hydrogen) atoms. The van der Waals surface area contributed by atoms with E-state index in [1.807, 2.05) is 7.05 Å². The molecule has 0 heterocycles. The SMILES string of the molecule is CC[C@@](C)(S)NC. The molecule has 0 saturated carbocycles. The Kier molecular flexibility index (Phi) is 2.69. The molecule has 1 nitrogen and oxygen atoms in total. The highest BCUT2D eigenvalue weighted by atomic mass is 32.1. The summed E-state index contributed by atoms with van der Waals surface area (Å²) in [5.74, 6) is 0. The molecule has 0 aromatic carbocycles. The lowest BCUT2D eigenvalue weighted by Crippen LogP contribution is -2.32. The molecular formula is C5H13NS. The predicted octanol–water partition coefficient (Wildman–Crippen LogP) is 1.26. The smallest absolute Gasteiger partial charge is 0.0581 e. The van der Waals surface area contributed by atoms with Gasteiger partial charge in [0.05, 0.1) is 4.87 Å². The molecule has 0 amide bonds. The van der Waals surface area contributed by atoms with Gasteiger partial charge in [-0.2, -0.15) is 12.6 Å². The van der Waals surface area contributed by atoms with Crippen molar-refractivity contribution in [1.82, 2.24) is 5.32 Å². The quantitative estimate of drug-likeness (QED) is 0.412. The average molecular weight is 119 g/mol. The third-order valence-corrected chi connectivity index (χ3v) is 1.77. The summed E-state index contributed by atoms with van der Waals surface area (Å²) in [5, 5.41) is 3.06. The number of hydrogen-bond acceptors (Lipinski definition) is 2. The van der Waals surface area contributed by atoms with E-state index in [2.05, 4.69) is 31.8 Å². The van der Waals surface area contributed by atoms with Crippen LogP contribution in [0.2, 0.25) is 0 Å². The summed E-state index contributed by atoms with van der Waals surface area (Å²) in [5.41, 5.74) is 0. The Morgan fingerprint density at radius 3 is 2.14 bits per heavy atom. The Morgan fingerprint density at radius 1 is 1.71 bits per heavy atom. The maximum absolute atomic E-state index is 4.28. The van der Waals surface area contributed by atoms with Gasteiger partial charge in [-0.3, -0.25) is 0 Å². The van der Waals surface area contributed by atoms with E-state index in [4.69, 9.17) is 0 Å². The Balaban J connectivity index is 3.36. The summed E-state index contributed by atoms with van der Waals surface area (Å²) in [7, 11) is 1.91. The van der Waals surface area contributed by atoms with Crippen LogP contribution in [0.5, 0.6) is 0 Å². The lowest BCUT2D eigenvalue weighted by atomic mass is 10.2. The first-order chi connectivity index (χ1) is 3.12. The summed E-state index contributed by atoms with van der Waals surface area (Å²) in [6, 6.07) is 0. The second-order valence-electron chi connectivity index (χ2n) is 1.88. The zero-order chi connectivity index (χ0) is 5.91. The number of hydrogen-bond donors (Lipinski definition) is 2. The minimum absolute atomic E-state index is 0.0278. The summed E-state index contributed by atoms with van der Waals surface area (Å²) in [6.07, 6.45) is 1.05. The molecule has 0 aromatic heterocycles. The zero-order valence-corrected chi connectivity index (χ0v) is 6.05. The molecule has 44 valence electrons. The van der Waals surface area contributed by atoms with Crippen molar-refractivity contribution in [2.24, 2.45) is 0 Å². The van der Waals surface area contributed by atoms with Crippen molar-refractivity contribution in [2.75, 3.05) is 7.05 Å². The maximum atomic E-state index is 4.28. The van der Waals surface area contributed by atoms with Crippen LogP contribution in [0.25, 0.3) is 0 Å². The molecule has 0 aromatic rings. The molecule has 2 heteroatoms. The fraction of sp³-hybridized carbons (Fsp3) is 1.00. The van der Waals surface area contributed by atoms with Gasteiger partial charge in [0.25, 0.3) is 0 Å². The second kappa shape index (κ2) is 2.58. The molecule has 0 fully saturated rings. The van der Waals surface area contributed by atoms with E-state index in [0.29, 0.717) is 0 Å². The highest BCUT2D eigenvalue weighted by Gasteiger charge is 2.10. The van der Waals surface area contributed by atoms with Crippen molar-refractivity contribution < 1.29 is 0 Å². The monoisotopic (exact) mass is 119 g/mol. The minimum Gasteiger partial charge on any atom is -0.306 e. The largest absolute Gasteiger partial charge is 0.306 e. The lowest BCUT2D eigenvalue weighted by Gasteiger charge is -2.19. The van der Waals surface area contributed by atoms with Gasteiger partial charge in [0.1, 0.15) is 0 Å². The summed E-state index contributed by atoms with van der Waals surface area (Å²) >= 11 is 4.28. The van der Waals surface area contributed by atoms with Crippen LogP contribution < -0.4 is 5.32 Å². The molecule has 0 aliphatic carbocycles. The van der Waals surface area contributed by atoms with Gasteiger partial charge in [0, 0.05) is 0 Å². The highest BCUT2D eigenvalue weighted by molar-refractivity contribution is 7.81. The summed E-state index contributed by atoms with van der Waals surface area (Å²) in [6.45, 7) is 4.15. The second-order valence-corrected chi connectivity index (χ2v) is 2.86. The molecular weight excluding hydrogens is 106 g/mol. The van der Waals surface area contributed by atoms with Crippen molar-refractivity contribution >= 4 is 12.6 Å². The van der Waals surface area contributed by atoms with Crippen LogP contribution in [0, 0.1) is 0 Å². The molecule has 1 atom stereocenters. The van der Waals surface area contributed by atoms with Gasteiger partial charge < -0.3 is 5.32 Å². The highest BCUT2D eigenvalue weighted by Crippen LogP contribution is 2.11. The Labute approximate surface area is 50.9 Å². The van der Waals surface area contributed by atoms with Gasteiger partial charge in [-0.15, -0.1) is 0 Å². The van der Waals surface area contributed by atoms with Crippen LogP contribution in [0.3, 0.4) is 0 Å². The van der Waals surface area contributed by atoms with Gasteiger partial charge >= 0.3 is 0 Å². The van der Waals surface area contributed by atoms with Crippen LogP contribution in [0.1, 0.15) is 20.3 Å². The Hall–Kier alpha value is 0.310. The molecule has 0 aliphatic heterocycles. The van der Waals surface area contributed by atoms with Crippen molar-refractivity contribution in [1.29, 1.82) is 0 Å². The van der Waals surface area contributed by atoms with Crippen LogP contribution in [-0.2, 0) is 0 Å². The number of thiol groups is 1. The Morgan fingerprint density at radius 2 is 2.14 bits per heavy atom. The number of nitrogens with one attached hydrogen (secondary N) is 1. The zero-order valence-electron chi connectivity index (χ0n) is 5.15. The van der Waals surface area contributed by atoms with Gasteiger partial charge in [0.2, 0.25) is 0 Å². The molecule has 0 bridgehead atoms. The third kappa shape index (κ3) is 2.94. The van der Waals surface area contributed by atoms with Crippen molar-refractivity contribution in [3.63, 3.8) is 0 Å². The first-order valence-corrected chi connectivity index (χ1v) is 2.98. The maximum Gasteiger partial charge on any atom is 0.0581 e. The van der Waals surface area contributed by atoms with Gasteiger partial charge in [-0.1, -0.05) is 6.92 Å². The fourth-order valence-corrected chi connectivity index (χ4v) is 0.177. The van der Waals surface area contributed by atoms with E-state index in [1.165, 1.54) is 0 Å². The van der Waals surface area contributed by atoms with Crippen molar-refractivity contribution in [3.8, 4) is 0 Å². The molecule has 1 N–H and O–H groups in total. The van der Waals surface area contributed by atoms with Crippen LogP contribution in [0.15, 0.2) is 0 Å². The van der Waals surface area contributed by atoms with Crippen molar-refractivity contribution in [2.45, 2.75) is 25.1 Å². The van der Waals surface area contributed by atoms with Crippen LogP contribution >= 0.6 is 12.6 Å². The normalized spacial score (nSPS) is 18.9. The third-order valence-electron chi connectivity index (χ3n) is 1.23. The molecule has 0 aliphatic rings. The molecule has 0 spiro atoms. The lowest BCUT2D eigenvalue weighted by molar-refractivity contribution is 0.543. The van der Waals surface area contributed by atoms with Crippen molar-refractivity contribution in [3.05, 3.63) is 0 Å². The van der Waals surface area contributed by atoms with E-state index in [0.717, 1.165) is 6.42 Å². The van der Waals surface area contributed by atoms with Crippen LogP contribution in [0.4, 0.5) is 0 Å². The van der Waals surface area contributed by atoms with Crippen LogP contribution in [-0.4, -0.2) is 11.9 Å². The molecule has 0 radical (unpaired) electrons. The average Bonchev–Trinajstić information content (AvgIpc) is 1.68. The van der Waals surface area contributed by atoms with Gasteiger partial charge in [0.15, 0.2) is 0 Å². The summed E-state index contributed by atoms with van der Waals surface area (Å²) < 4.78 is 0. The van der Waals surface area contributed by atoms with E-state index < -0.39 is 0 Å². The van der Waals surface area contributed by atoms with E-state index in [1.54, 1.807) is 0 Å². The Bertz CT molecular complexity index is 46.0. The molecule has 0 saturated heterocycles. The van der Waals surface area contributed by atoms with E-state index in [-0.39, 0.29) is 4.87 Å². The summed E-state index contributed by atoms with van der Waals surface area (Å²) in [4.78, 5) is 0.0278. The first kappa shape index (κ1) is 7.31. The van der Waals surface area contributed by atoms with Gasteiger partial charge in [-0.05, 0) is 20.4 Å². The van der Waals surface area contributed by atoms with E-state index >= 15 is 0 Å². The minimum atomic E-state index is 0.0278. The number of rotatable bonds is 2. The fourth-order valence-electron chi connectivity index (χ4n) is 0.177. The van der Waals surface area contributed by atoms with E-state index in [9.17, 15) is 0 Å². The predicted molar refractivity (Wildman–Crippen MR) is 36.7 cm³/mol.